The van der Waals surface area contributed by atoms with Crippen LogP contribution in [-0.2, 0) is 0 Å². The molecule has 1 nitrogen and oxygen atoms in total. The van der Waals surface area contributed by atoms with Gasteiger partial charge in [0.25, 0.3) is 0 Å². The van der Waals surface area contributed by atoms with E-state index in [1.165, 1.54) is 0 Å². The van der Waals surface area contributed by atoms with Gasteiger partial charge in [0.05, 0.1) is 0 Å². The third kappa shape index (κ3) is 1.58. The molecule has 0 heterocycles. The van der Waals surface area contributed by atoms with E-state index in [1.807, 2.05) is 6.08 Å². The molecule has 0 unspecified atom stereocenters. The van der Waals surface area contributed by atoms with Crippen molar-refractivity contribution in [3.8, 4) is 0 Å². The molecule has 0 radical (unpaired) electrons. The Morgan fingerprint density at radius 2 is 2.50 bits per heavy atom. The molecule has 3 heteroatoms. The Morgan fingerprint density at radius 3 is 2.90 bits per heavy atom. The van der Waals surface area contributed by atoms with Crippen LogP contribution in [0.2, 0.25) is 0 Å². The largest absolute Gasteiger partial charge is 0.295 e. The molecular formula is C7H9FIN. The lowest BCUT2D eigenvalue weighted by molar-refractivity contribution is 0.225. The SMILES string of the molecule is N[C@@]1(F)CC=CC=C1CI. The molecular weight excluding hydrogens is 244 g/mol. The van der Waals surface area contributed by atoms with Gasteiger partial charge in [-0.3, -0.25) is 5.73 Å². The van der Waals surface area contributed by atoms with E-state index >= 15 is 0 Å². The highest BCUT2D eigenvalue weighted by Gasteiger charge is 2.27. The normalized spacial score (nSPS) is 32.1. The Hall–Kier alpha value is 0.100. The van der Waals surface area contributed by atoms with Crippen LogP contribution >= 0.6 is 22.6 Å². The molecule has 1 aliphatic rings. The lowest BCUT2D eigenvalue weighted by atomic mass is 9.99. The maximum Gasteiger partial charge on any atom is 0.185 e. The molecule has 2 N–H and O–H groups in total. The third-order valence-electron chi connectivity index (χ3n) is 1.53. The van der Waals surface area contributed by atoms with Crippen LogP contribution in [0.15, 0.2) is 23.8 Å². The van der Waals surface area contributed by atoms with Gasteiger partial charge in [-0.1, -0.05) is 40.8 Å². The van der Waals surface area contributed by atoms with Crippen LogP contribution < -0.4 is 5.73 Å². The van der Waals surface area contributed by atoms with Gasteiger partial charge < -0.3 is 0 Å². The number of alkyl halides is 2. The quantitative estimate of drug-likeness (QED) is 0.431. The Bertz CT molecular complexity index is 184. The van der Waals surface area contributed by atoms with Crippen LogP contribution in [0.3, 0.4) is 0 Å². The Kier molecular flexibility index (Phi) is 2.46. The van der Waals surface area contributed by atoms with Crippen molar-refractivity contribution in [2.45, 2.75) is 12.2 Å². The zero-order valence-electron chi connectivity index (χ0n) is 5.48. The molecule has 0 fully saturated rings. The second-order valence-electron chi connectivity index (χ2n) is 2.32. The molecule has 0 aromatic heterocycles. The minimum atomic E-state index is -1.59. The average molecular weight is 253 g/mol. The number of hydrogen-bond acceptors (Lipinski definition) is 1. The fraction of sp³-hybridized carbons (Fsp3) is 0.429. The lowest BCUT2D eigenvalue weighted by Crippen LogP contribution is -2.37. The first-order valence-corrected chi connectivity index (χ1v) is 4.59. The Morgan fingerprint density at radius 1 is 1.80 bits per heavy atom. The molecule has 0 aromatic rings. The lowest BCUT2D eigenvalue weighted by Gasteiger charge is -2.22. The highest BCUT2D eigenvalue weighted by atomic mass is 127. The van der Waals surface area contributed by atoms with Gasteiger partial charge in [0.1, 0.15) is 0 Å². The van der Waals surface area contributed by atoms with E-state index in [0.29, 0.717) is 16.4 Å². The average Bonchev–Trinajstić information content (AvgIpc) is 1.87. The third-order valence-corrected chi connectivity index (χ3v) is 2.35. The van der Waals surface area contributed by atoms with Gasteiger partial charge in [-0.2, -0.15) is 0 Å². The van der Waals surface area contributed by atoms with E-state index in [9.17, 15) is 4.39 Å². The van der Waals surface area contributed by atoms with Crippen molar-refractivity contribution >= 4 is 22.6 Å². The molecule has 0 saturated heterocycles. The molecule has 0 bridgehead atoms. The first-order chi connectivity index (χ1) is 4.67. The summed E-state index contributed by atoms with van der Waals surface area (Å²) in [5, 5.41) is 0. The molecule has 0 aromatic carbocycles. The van der Waals surface area contributed by atoms with Crippen LogP contribution in [0.1, 0.15) is 6.42 Å². The smallest absolute Gasteiger partial charge is 0.185 e. The fourth-order valence-corrected chi connectivity index (χ4v) is 1.74. The van der Waals surface area contributed by atoms with E-state index < -0.39 is 5.79 Å². The van der Waals surface area contributed by atoms with Crippen molar-refractivity contribution in [1.82, 2.24) is 0 Å². The van der Waals surface area contributed by atoms with Crippen LogP contribution in [0, 0.1) is 0 Å². The van der Waals surface area contributed by atoms with Gasteiger partial charge in [-0.05, 0) is 5.57 Å². The Labute approximate surface area is 73.3 Å². The highest BCUT2D eigenvalue weighted by Crippen LogP contribution is 2.25. The number of hydrogen-bond donors (Lipinski definition) is 1. The fourth-order valence-electron chi connectivity index (χ4n) is 0.849. The minimum absolute atomic E-state index is 0.307. The van der Waals surface area contributed by atoms with Crippen molar-refractivity contribution in [2.75, 3.05) is 4.43 Å². The van der Waals surface area contributed by atoms with Crippen molar-refractivity contribution in [3.05, 3.63) is 23.8 Å². The second-order valence-corrected chi connectivity index (χ2v) is 3.08. The maximum atomic E-state index is 13.2. The first kappa shape index (κ1) is 8.20. The van der Waals surface area contributed by atoms with Gasteiger partial charge >= 0.3 is 0 Å². The van der Waals surface area contributed by atoms with Crippen molar-refractivity contribution in [1.29, 1.82) is 0 Å². The summed E-state index contributed by atoms with van der Waals surface area (Å²) in [6.07, 6.45) is 5.65. The van der Waals surface area contributed by atoms with Gasteiger partial charge in [0.2, 0.25) is 0 Å². The predicted molar refractivity (Wildman–Crippen MR) is 48.8 cm³/mol. The molecule has 0 spiro atoms. The summed E-state index contributed by atoms with van der Waals surface area (Å²) in [6, 6.07) is 0. The highest BCUT2D eigenvalue weighted by molar-refractivity contribution is 14.1. The van der Waals surface area contributed by atoms with Gasteiger partial charge in [0, 0.05) is 10.8 Å². The second kappa shape index (κ2) is 3.00. The summed E-state index contributed by atoms with van der Waals surface area (Å²) in [5.41, 5.74) is 6.02. The summed E-state index contributed by atoms with van der Waals surface area (Å²) in [5.74, 6) is -1.59. The van der Waals surface area contributed by atoms with Crippen LogP contribution in [-0.4, -0.2) is 10.2 Å². The van der Waals surface area contributed by atoms with E-state index in [4.69, 9.17) is 5.73 Å². The maximum absolute atomic E-state index is 13.2. The molecule has 0 amide bonds. The Balaban J connectivity index is 2.81. The summed E-state index contributed by atoms with van der Waals surface area (Å²) in [6.45, 7) is 0. The van der Waals surface area contributed by atoms with E-state index in [-0.39, 0.29) is 0 Å². The zero-order chi connectivity index (χ0) is 7.61. The number of halogens is 2. The van der Waals surface area contributed by atoms with E-state index in [1.54, 1.807) is 12.2 Å². The molecule has 1 rings (SSSR count). The topological polar surface area (TPSA) is 26.0 Å². The predicted octanol–water partition coefficient (Wildman–Crippen LogP) is 1.93. The molecule has 1 aliphatic carbocycles. The van der Waals surface area contributed by atoms with Crippen LogP contribution in [0.4, 0.5) is 4.39 Å². The summed E-state index contributed by atoms with van der Waals surface area (Å²) in [7, 11) is 0. The number of nitrogens with two attached hydrogens (primary N) is 1. The van der Waals surface area contributed by atoms with Crippen LogP contribution in [0.25, 0.3) is 0 Å². The van der Waals surface area contributed by atoms with E-state index in [0.717, 1.165) is 0 Å². The monoisotopic (exact) mass is 253 g/mol. The van der Waals surface area contributed by atoms with Gasteiger partial charge in [-0.25, -0.2) is 4.39 Å². The first-order valence-electron chi connectivity index (χ1n) is 3.07. The summed E-state index contributed by atoms with van der Waals surface area (Å²) in [4.78, 5) is 0. The molecule has 56 valence electrons. The van der Waals surface area contributed by atoms with Crippen molar-refractivity contribution in [2.24, 2.45) is 5.73 Å². The summed E-state index contributed by atoms with van der Waals surface area (Å²) < 4.78 is 13.9. The van der Waals surface area contributed by atoms with Crippen LogP contribution in [0.5, 0.6) is 0 Å². The zero-order valence-corrected chi connectivity index (χ0v) is 7.64. The molecule has 1 atom stereocenters. The minimum Gasteiger partial charge on any atom is -0.295 e. The molecule has 0 saturated carbocycles. The van der Waals surface area contributed by atoms with Crippen molar-refractivity contribution in [3.63, 3.8) is 0 Å². The number of rotatable bonds is 1. The standard InChI is InChI=1S/C7H9FIN/c8-7(10)4-2-1-3-6(7)5-9/h1-3H,4-5,10H2/t7-/m0/s1. The van der Waals surface area contributed by atoms with Crippen molar-refractivity contribution < 1.29 is 4.39 Å². The molecule has 0 aliphatic heterocycles. The molecule has 10 heavy (non-hydrogen) atoms. The van der Waals surface area contributed by atoms with Gasteiger partial charge in [-0.15, -0.1) is 0 Å². The van der Waals surface area contributed by atoms with E-state index in [2.05, 4.69) is 22.6 Å². The van der Waals surface area contributed by atoms with Gasteiger partial charge in [0.15, 0.2) is 5.79 Å². The number of allylic oxidation sites excluding steroid dienone is 2. The summed E-state index contributed by atoms with van der Waals surface area (Å²) >= 11 is 2.11.